The molecule has 2 N–H and O–H groups in total. The van der Waals surface area contributed by atoms with Crippen molar-refractivity contribution in [2.24, 2.45) is 0 Å². The third kappa shape index (κ3) is 5.20. The quantitative estimate of drug-likeness (QED) is 0.584. The third-order valence-corrected chi connectivity index (χ3v) is 5.94. The minimum absolute atomic E-state index is 0.0148. The van der Waals surface area contributed by atoms with Gasteiger partial charge in [-0.15, -0.1) is 0 Å². The second-order valence-electron chi connectivity index (χ2n) is 8.31. The van der Waals surface area contributed by atoms with Crippen LogP contribution in [0.4, 0.5) is 0 Å². The van der Waals surface area contributed by atoms with Crippen LogP contribution < -0.4 is 10.9 Å². The lowest BCUT2D eigenvalue weighted by atomic mass is 9.88. The number of amides is 1. The van der Waals surface area contributed by atoms with Crippen LogP contribution in [0.25, 0.3) is 10.9 Å². The first-order chi connectivity index (χ1) is 15.1. The number of aromatic nitrogens is 2. The molecule has 1 aliphatic rings. The van der Waals surface area contributed by atoms with E-state index in [1.54, 1.807) is 6.07 Å². The molecule has 0 bridgehead atoms. The van der Waals surface area contributed by atoms with E-state index in [-0.39, 0.29) is 24.1 Å². The second-order valence-corrected chi connectivity index (χ2v) is 8.31. The molecule has 1 amide bonds. The van der Waals surface area contributed by atoms with Gasteiger partial charge >= 0.3 is 0 Å². The number of fused-ring (bicyclic) bond motifs is 2. The van der Waals surface area contributed by atoms with Gasteiger partial charge in [-0.25, -0.2) is 4.98 Å². The largest absolute Gasteiger partial charge is 0.348 e. The summed E-state index contributed by atoms with van der Waals surface area (Å²) in [6.07, 6.45) is 5.15. The first-order valence-electron chi connectivity index (χ1n) is 11.2. The van der Waals surface area contributed by atoms with Gasteiger partial charge in [-0.3, -0.25) is 14.5 Å². The number of H-pyrrole nitrogens is 1. The van der Waals surface area contributed by atoms with E-state index in [2.05, 4.69) is 45.3 Å². The summed E-state index contributed by atoms with van der Waals surface area (Å²) in [5.74, 6) is 0.608. The fourth-order valence-corrected chi connectivity index (χ4v) is 4.36. The SMILES string of the molecule is CCCCN(CC(=O)N[C@@H]1CCCc2ccccc21)Cc1nc2ccccc2c(=O)[nH]1. The fraction of sp³-hybridized carbons (Fsp3) is 0.400. The number of nitrogens with zero attached hydrogens (tertiary/aromatic N) is 2. The zero-order valence-corrected chi connectivity index (χ0v) is 18.1. The van der Waals surface area contributed by atoms with Crippen molar-refractivity contribution < 1.29 is 4.79 Å². The summed E-state index contributed by atoms with van der Waals surface area (Å²) in [6.45, 7) is 3.64. The molecule has 0 spiro atoms. The summed E-state index contributed by atoms with van der Waals surface area (Å²) >= 11 is 0. The number of rotatable bonds is 8. The molecule has 0 fully saturated rings. The number of hydrogen-bond acceptors (Lipinski definition) is 4. The third-order valence-electron chi connectivity index (χ3n) is 5.94. The van der Waals surface area contributed by atoms with Gasteiger partial charge in [0, 0.05) is 0 Å². The Morgan fingerprint density at radius 1 is 1.19 bits per heavy atom. The predicted octanol–water partition coefficient (Wildman–Crippen LogP) is 3.72. The average Bonchev–Trinajstić information content (AvgIpc) is 2.78. The number of para-hydroxylation sites is 1. The normalized spacial score (nSPS) is 15.7. The maximum Gasteiger partial charge on any atom is 0.258 e. The van der Waals surface area contributed by atoms with Crippen molar-refractivity contribution in [3.05, 3.63) is 75.8 Å². The van der Waals surface area contributed by atoms with Gasteiger partial charge in [-0.2, -0.15) is 0 Å². The fourth-order valence-electron chi connectivity index (χ4n) is 4.36. The number of benzene rings is 2. The summed E-state index contributed by atoms with van der Waals surface area (Å²) in [7, 11) is 0. The van der Waals surface area contributed by atoms with Crippen LogP contribution in [-0.2, 0) is 17.8 Å². The van der Waals surface area contributed by atoms with Gasteiger partial charge in [0.15, 0.2) is 0 Å². The second kappa shape index (κ2) is 9.88. The molecule has 4 rings (SSSR count). The van der Waals surface area contributed by atoms with Crippen molar-refractivity contribution in [2.75, 3.05) is 13.1 Å². The van der Waals surface area contributed by atoms with E-state index in [1.807, 2.05) is 24.3 Å². The van der Waals surface area contributed by atoms with Crippen LogP contribution in [0.5, 0.6) is 0 Å². The minimum atomic E-state index is -0.140. The number of hydrogen-bond donors (Lipinski definition) is 2. The van der Waals surface area contributed by atoms with Gasteiger partial charge in [0.1, 0.15) is 5.82 Å². The van der Waals surface area contributed by atoms with E-state index >= 15 is 0 Å². The zero-order chi connectivity index (χ0) is 21.6. The van der Waals surface area contributed by atoms with Gasteiger partial charge in [-0.1, -0.05) is 49.7 Å². The van der Waals surface area contributed by atoms with Gasteiger partial charge < -0.3 is 10.3 Å². The van der Waals surface area contributed by atoms with Crippen molar-refractivity contribution in [3.8, 4) is 0 Å². The standard InChI is InChI=1S/C25H30N4O2/c1-2-3-15-29(16-23-26-22-13-7-6-12-20(22)25(31)28-23)17-24(30)27-21-14-8-10-18-9-4-5-11-19(18)21/h4-7,9,11-13,21H,2-3,8,10,14-17H2,1H3,(H,27,30)(H,26,28,31)/t21-/m1/s1. The number of carbonyl (C=O) groups is 1. The Labute approximate surface area is 182 Å². The highest BCUT2D eigenvalue weighted by Gasteiger charge is 2.22. The summed E-state index contributed by atoms with van der Waals surface area (Å²) < 4.78 is 0. The monoisotopic (exact) mass is 418 g/mol. The van der Waals surface area contributed by atoms with E-state index in [4.69, 9.17) is 0 Å². The smallest absolute Gasteiger partial charge is 0.258 e. The molecule has 0 saturated heterocycles. The highest BCUT2D eigenvalue weighted by Crippen LogP contribution is 2.29. The molecular formula is C25H30N4O2. The number of nitrogens with one attached hydrogen (secondary N) is 2. The van der Waals surface area contributed by atoms with Crippen molar-refractivity contribution in [1.82, 2.24) is 20.2 Å². The van der Waals surface area contributed by atoms with Crippen molar-refractivity contribution >= 4 is 16.8 Å². The van der Waals surface area contributed by atoms with E-state index < -0.39 is 0 Å². The number of aryl methyl sites for hydroxylation is 1. The Kier molecular flexibility index (Phi) is 6.77. The molecule has 6 nitrogen and oxygen atoms in total. The molecule has 162 valence electrons. The van der Waals surface area contributed by atoms with E-state index in [0.29, 0.717) is 23.3 Å². The molecule has 0 radical (unpaired) electrons. The Bertz CT molecular complexity index is 1110. The first-order valence-corrected chi connectivity index (χ1v) is 11.2. The number of aromatic amines is 1. The predicted molar refractivity (Wildman–Crippen MR) is 123 cm³/mol. The van der Waals surface area contributed by atoms with Crippen LogP contribution in [0.3, 0.4) is 0 Å². The van der Waals surface area contributed by atoms with Gasteiger partial charge in [0.25, 0.3) is 5.56 Å². The lowest BCUT2D eigenvalue weighted by Crippen LogP contribution is -2.40. The summed E-state index contributed by atoms with van der Waals surface area (Å²) in [5.41, 5.74) is 3.11. The number of unbranched alkanes of at least 4 members (excludes halogenated alkanes) is 1. The molecule has 3 aromatic rings. The Hall–Kier alpha value is -2.99. The molecule has 31 heavy (non-hydrogen) atoms. The first kappa shape index (κ1) is 21.2. The lowest BCUT2D eigenvalue weighted by Gasteiger charge is -2.28. The molecule has 2 aromatic carbocycles. The molecular weight excluding hydrogens is 388 g/mol. The van der Waals surface area contributed by atoms with Crippen LogP contribution in [0.2, 0.25) is 0 Å². The maximum absolute atomic E-state index is 12.9. The molecule has 0 unspecified atom stereocenters. The molecule has 1 atom stereocenters. The maximum atomic E-state index is 12.9. The van der Waals surface area contributed by atoms with Crippen LogP contribution >= 0.6 is 0 Å². The van der Waals surface area contributed by atoms with E-state index in [9.17, 15) is 9.59 Å². The van der Waals surface area contributed by atoms with Crippen molar-refractivity contribution in [3.63, 3.8) is 0 Å². The Morgan fingerprint density at radius 3 is 2.87 bits per heavy atom. The van der Waals surface area contributed by atoms with Crippen molar-refractivity contribution in [1.29, 1.82) is 0 Å². The summed E-state index contributed by atoms with van der Waals surface area (Å²) in [5, 5.41) is 3.82. The van der Waals surface area contributed by atoms with Gasteiger partial charge in [-0.05, 0) is 55.5 Å². The van der Waals surface area contributed by atoms with E-state index in [0.717, 1.165) is 38.6 Å². The summed E-state index contributed by atoms with van der Waals surface area (Å²) in [6, 6.07) is 15.8. The molecule has 1 aliphatic carbocycles. The van der Waals surface area contributed by atoms with Crippen LogP contribution in [0.15, 0.2) is 53.3 Å². The molecule has 1 heterocycles. The van der Waals surface area contributed by atoms with Gasteiger partial charge in [0.2, 0.25) is 5.91 Å². The molecule has 0 saturated carbocycles. The lowest BCUT2D eigenvalue weighted by molar-refractivity contribution is -0.123. The average molecular weight is 419 g/mol. The van der Waals surface area contributed by atoms with Crippen LogP contribution in [0.1, 0.15) is 55.6 Å². The minimum Gasteiger partial charge on any atom is -0.348 e. The van der Waals surface area contributed by atoms with Crippen LogP contribution in [0, 0.1) is 0 Å². The molecule has 0 aliphatic heterocycles. The zero-order valence-electron chi connectivity index (χ0n) is 18.1. The van der Waals surface area contributed by atoms with Crippen molar-refractivity contribution in [2.45, 2.75) is 51.6 Å². The Balaban J connectivity index is 1.46. The highest BCUT2D eigenvalue weighted by atomic mass is 16.2. The highest BCUT2D eigenvalue weighted by molar-refractivity contribution is 5.79. The molecule has 1 aromatic heterocycles. The molecule has 6 heteroatoms. The topological polar surface area (TPSA) is 78.1 Å². The van der Waals surface area contributed by atoms with E-state index in [1.165, 1.54) is 11.1 Å². The summed E-state index contributed by atoms with van der Waals surface area (Å²) in [4.78, 5) is 34.9. The Morgan fingerprint density at radius 2 is 2.00 bits per heavy atom. The number of carbonyl (C=O) groups excluding carboxylic acids is 1. The van der Waals surface area contributed by atoms with Crippen LogP contribution in [-0.4, -0.2) is 33.9 Å². The van der Waals surface area contributed by atoms with Gasteiger partial charge in [0.05, 0.1) is 30.0 Å².